The number of aromatic nitrogens is 2. The third-order valence-electron chi connectivity index (χ3n) is 2.05. The van der Waals surface area contributed by atoms with Crippen LogP contribution in [0.2, 0.25) is 0 Å². The second-order valence-electron chi connectivity index (χ2n) is 3.57. The summed E-state index contributed by atoms with van der Waals surface area (Å²) in [7, 11) is 1.50. The van der Waals surface area contributed by atoms with Gasteiger partial charge in [-0.3, -0.25) is 14.3 Å². The first-order valence-corrected chi connectivity index (χ1v) is 4.78. The summed E-state index contributed by atoms with van der Waals surface area (Å²) in [6, 6.07) is -2.43. The molecular weight excluding hydrogens is 255 g/mol. The normalized spacial score (nSPS) is 13.1. The molecule has 1 amide bonds. The predicted octanol–water partition coefficient (Wildman–Crippen LogP) is 0.555. The highest BCUT2D eigenvalue weighted by molar-refractivity contribution is 5.94. The van der Waals surface area contributed by atoms with Gasteiger partial charge in [0.05, 0.1) is 18.2 Å². The number of carbonyl (C=O) groups is 2. The SMILES string of the molecule is Cn1cc(C(=O)NC(CC(=O)O)C(F)(F)F)cn1. The van der Waals surface area contributed by atoms with Gasteiger partial charge in [0.15, 0.2) is 0 Å². The molecule has 0 aliphatic heterocycles. The molecule has 1 atom stereocenters. The van der Waals surface area contributed by atoms with E-state index in [0.717, 1.165) is 6.20 Å². The van der Waals surface area contributed by atoms with E-state index in [9.17, 15) is 22.8 Å². The summed E-state index contributed by atoms with van der Waals surface area (Å²) < 4.78 is 38.6. The van der Waals surface area contributed by atoms with E-state index in [1.165, 1.54) is 17.9 Å². The minimum atomic E-state index is -4.82. The van der Waals surface area contributed by atoms with E-state index in [4.69, 9.17) is 5.11 Å². The first kappa shape index (κ1) is 14.0. The Kier molecular flexibility index (Phi) is 3.94. The Morgan fingerprint density at radius 2 is 2.17 bits per heavy atom. The molecule has 6 nitrogen and oxygen atoms in total. The van der Waals surface area contributed by atoms with Crippen LogP contribution in [0.15, 0.2) is 12.4 Å². The van der Waals surface area contributed by atoms with Gasteiger partial charge in [-0.05, 0) is 0 Å². The zero-order chi connectivity index (χ0) is 13.9. The minimum Gasteiger partial charge on any atom is -0.481 e. The lowest BCUT2D eigenvalue weighted by molar-refractivity contribution is -0.165. The molecule has 0 fully saturated rings. The number of carboxylic acids is 1. The molecule has 100 valence electrons. The van der Waals surface area contributed by atoms with Crippen LogP contribution in [0.4, 0.5) is 13.2 Å². The maximum Gasteiger partial charge on any atom is 0.409 e. The monoisotopic (exact) mass is 265 g/mol. The van der Waals surface area contributed by atoms with Crippen LogP contribution >= 0.6 is 0 Å². The van der Waals surface area contributed by atoms with E-state index < -0.39 is 30.5 Å². The van der Waals surface area contributed by atoms with Crippen molar-refractivity contribution in [2.75, 3.05) is 0 Å². The van der Waals surface area contributed by atoms with Crippen molar-refractivity contribution in [3.63, 3.8) is 0 Å². The molecule has 0 aromatic carbocycles. The molecule has 0 saturated heterocycles. The molecule has 0 saturated carbocycles. The van der Waals surface area contributed by atoms with Crippen molar-refractivity contribution in [1.82, 2.24) is 15.1 Å². The summed E-state index contributed by atoms with van der Waals surface area (Å²) in [5, 5.41) is 13.6. The first-order valence-electron chi connectivity index (χ1n) is 4.78. The maximum absolute atomic E-state index is 12.5. The third kappa shape index (κ3) is 3.75. The van der Waals surface area contributed by atoms with Crippen molar-refractivity contribution in [2.24, 2.45) is 7.05 Å². The number of alkyl halides is 3. The van der Waals surface area contributed by atoms with Gasteiger partial charge in [-0.2, -0.15) is 18.3 Å². The molecule has 0 radical (unpaired) electrons. The largest absolute Gasteiger partial charge is 0.481 e. The van der Waals surface area contributed by atoms with Crippen molar-refractivity contribution in [1.29, 1.82) is 0 Å². The van der Waals surface area contributed by atoms with Gasteiger partial charge in [-0.15, -0.1) is 0 Å². The number of carboxylic acid groups (broad SMARTS) is 1. The summed E-state index contributed by atoms with van der Waals surface area (Å²) in [5.74, 6) is -2.67. The van der Waals surface area contributed by atoms with Crippen molar-refractivity contribution >= 4 is 11.9 Å². The molecule has 0 aliphatic carbocycles. The molecule has 1 aromatic rings. The lowest BCUT2D eigenvalue weighted by Gasteiger charge is -2.19. The first-order chi connectivity index (χ1) is 8.20. The summed E-state index contributed by atoms with van der Waals surface area (Å²) >= 11 is 0. The van der Waals surface area contributed by atoms with E-state index in [0.29, 0.717) is 0 Å². The molecule has 0 bridgehead atoms. The van der Waals surface area contributed by atoms with E-state index in [2.05, 4.69) is 5.10 Å². The summed E-state index contributed by atoms with van der Waals surface area (Å²) in [4.78, 5) is 21.7. The topological polar surface area (TPSA) is 84.2 Å². The fraction of sp³-hybridized carbons (Fsp3) is 0.444. The average Bonchev–Trinajstić information content (AvgIpc) is 2.61. The molecule has 1 rings (SSSR count). The number of rotatable bonds is 4. The molecular formula is C9H10F3N3O3. The lowest BCUT2D eigenvalue weighted by atomic mass is 10.2. The molecule has 1 heterocycles. The quantitative estimate of drug-likeness (QED) is 0.832. The fourth-order valence-corrected chi connectivity index (χ4v) is 1.20. The van der Waals surface area contributed by atoms with E-state index in [-0.39, 0.29) is 5.56 Å². The van der Waals surface area contributed by atoms with Crippen molar-refractivity contribution < 1.29 is 27.9 Å². The molecule has 18 heavy (non-hydrogen) atoms. The van der Waals surface area contributed by atoms with Crippen LogP contribution in [0.3, 0.4) is 0 Å². The zero-order valence-electron chi connectivity index (χ0n) is 9.23. The van der Waals surface area contributed by atoms with E-state index in [1.54, 1.807) is 5.32 Å². The number of carbonyl (C=O) groups excluding carboxylic acids is 1. The number of amides is 1. The van der Waals surface area contributed by atoms with Gasteiger partial charge in [-0.25, -0.2) is 0 Å². The highest BCUT2D eigenvalue weighted by atomic mass is 19.4. The average molecular weight is 265 g/mol. The number of hydrogen-bond donors (Lipinski definition) is 2. The van der Waals surface area contributed by atoms with E-state index >= 15 is 0 Å². The predicted molar refractivity (Wildman–Crippen MR) is 52.8 cm³/mol. The Bertz CT molecular complexity index is 455. The van der Waals surface area contributed by atoms with Crippen LogP contribution in [-0.4, -0.2) is 39.0 Å². The minimum absolute atomic E-state index is 0.0721. The summed E-state index contributed by atoms with van der Waals surface area (Å²) in [6.07, 6.45) is -3.74. The summed E-state index contributed by atoms with van der Waals surface area (Å²) in [6.45, 7) is 0. The number of nitrogens with one attached hydrogen (secondary N) is 1. The molecule has 1 aromatic heterocycles. The molecule has 1 unspecified atom stereocenters. The van der Waals surface area contributed by atoms with E-state index in [1.807, 2.05) is 0 Å². The van der Waals surface area contributed by atoms with Crippen LogP contribution in [0.25, 0.3) is 0 Å². The van der Waals surface area contributed by atoms with Gasteiger partial charge in [0, 0.05) is 13.2 Å². The van der Waals surface area contributed by atoms with Gasteiger partial charge < -0.3 is 10.4 Å². The Hall–Kier alpha value is -2.06. The van der Waals surface area contributed by atoms with Gasteiger partial charge in [0.25, 0.3) is 5.91 Å². The second kappa shape index (κ2) is 5.07. The third-order valence-corrected chi connectivity index (χ3v) is 2.05. The van der Waals surface area contributed by atoms with Crippen LogP contribution in [0.1, 0.15) is 16.8 Å². The van der Waals surface area contributed by atoms with Gasteiger partial charge in [0.2, 0.25) is 0 Å². The van der Waals surface area contributed by atoms with Gasteiger partial charge in [0.1, 0.15) is 6.04 Å². The number of hydrogen-bond acceptors (Lipinski definition) is 3. The lowest BCUT2D eigenvalue weighted by Crippen LogP contribution is -2.46. The zero-order valence-corrected chi connectivity index (χ0v) is 9.23. The molecule has 2 N–H and O–H groups in total. The van der Waals surface area contributed by atoms with Gasteiger partial charge in [-0.1, -0.05) is 0 Å². The molecule has 9 heteroatoms. The summed E-state index contributed by atoms with van der Waals surface area (Å²) in [5.41, 5.74) is -0.0721. The standard InChI is InChI=1S/C9H10F3N3O3/c1-15-4-5(3-13-15)8(18)14-6(2-7(16)17)9(10,11)12/h3-4,6H,2H2,1H3,(H,14,18)(H,16,17). The van der Waals surface area contributed by atoms with Crippen molar-refractivity contribution in [3.8, 4) is 0 Å². The van der Waals surface area contributed by atoms with Crippen molar-refractivity contribution in [3.05, 3.63) is 18.0 Å². The Morgan fingerprint density at radius 1 is 1.56 bits per heavy atom. The number of aryl methyl sites for hydroxylation is 1. The van der Waals surface area contributed by atoms with Crippen molar-refractivity contribution in [2.45, 2.75) is 18.6 Å². The second-order valence-corrected chi connectivity index (χ2v) is 3.57. The van der Waals surface area contributed by atoms with Crippen LogP contribution in [0.5, 0.6) is 0 Å². The number of nitrogens with zero attached hydrogens (tertiary/aromatic N) is 2. The molecule has 0 spiro atoms. The van der Waals surface area contributed by atoms with Crippen LogP contribution < -0.4 is 5.32 Å². The highest BCUT2D eigenvalue weighted by Crippen LogP contribution is 2.22. The Labute approximate surface area is 99.4 Å². The Balaban J connectivity index is 2.78. The maximum atomic E-state index is 12.5. The highest BCUT2D eigenvalue weighted by Gasteiger charge is 2.42. The van der Waals surface area contributed by atoms with Crippen LogP contribution in [-0.2, 0) is 11.8 Å². The molecule has 0 aliphatic rings. The fourth-order valence-electron chi connectivity index (χ4n) is 1.20. The number of aliphatic carboxylic acids is 1. The smallest absolute Gasteiger partial charge is 0.409 e. The van der Waals surface area contributed by atoms with Gasteiger partial charge >= 0.3 is 12.1 Å². The number of halogens is 3. The Morgan fingerprint density at radius 3 is 2.56 bits per heavy atom. The van der Waals surface area contributed by atoms with Crippen LogP contribution in [0, 0.1) is 0 Å².